The fourth-order valence-corrected chi connectivity index (χ4v) is 3.29. The van der Waals surface area contributed by atoms with E-state index in [1.807, 2.05) is 0 Å². The number of carboxylic acids is 1. The van der Waals surface area contributed by atoms with Gasteiger partial charge in [0.2, 0.25) is 0 Å². The number of carbonyl (C=O) groups excluding carboxylic acids is 1. The van der Waals surface area contributed by atoms with E-state index in [0.717, 1.165) is 25.7 Å². The number of rotatable bonds is 2. The lowest BCUT2D eigenvalue weighted by Crippen LogP contribution is -2.67. The van der Waals surface area contributed by atoms with Crippen molar-refractivity contribution >= 4 is 11.9 Å². The zero-order chi connectivity index (χ0) is 13.6. The van der Waals surface area contributed by atoms with Crippen LogP contribution in [0.25, 0.3) is 0 Å². The molecule has 0 heterocycles. The molecule has 2 aliphatic rings. The molecule has 0 atom stereocenters. The third-order valence-electron chi connectivity index (χ3n) is 4.04. The smallest absolute Gasteiger partial charge is 0.471 e. The maximum Gasteiger partial charge on any atom is 0.471 e. The minimum absolute atomic E-state index is 0.108. The van der Waals surface area contributed by atoms with Crippen LogP contribution in [0.4, 0.5) is 13.2 Å². The van der Waals surface area contributed by atoms with Gasteiger partial charge in [0.05, 0.1) is 0 Å². The maximum atomic E-state index is 12.2. The summed E-state index contributed by atoms with van der Waals surface area (Å²) in [6.45, 7) is 0. The Bertz CT molecular complexity index is 377. The molecular weight excluding hydrogens is 251 g/mol. The van der Waals surface area contributed by atoms with E-state index in [2.05, 4.69) is 0 Å². The van der Waals surface area contributed by atoms with Gasteiger partial charge in [0.25, 0.3) is 0 Å². The molecule has 0 saturated heterocycles. The highest BCUT2D eigenvalue weighted by atomic mass is 19.4. The highest BCUT2D eigenvalue weighted by molar-refractivity contribution is 5.90. The number of halogens is 3. The summed E-state index contributed by atoms with van der Waals surface area (Å²) in [5.41, 5.74) is -1.89. The predicted molar refractivity (Wildman–Crippen MR) is 54.7 cm³/mol. The van der Waals surface area contributed by atoms with Crippen LogP contribution < -0.4 is 5.32 Å². The van der Waals surface area contributed by atoms with E-state index in [9.17, 15) is 22.8 Å². The number of hydrogen-bond donors (Lipinski definition) is 2. The first-order valence-corrected chi connectivity index (χ1v) is 5.82. The van der Waals surface area contributed by atoms with Gasteiger partial charge in [-0.05, 0) is 31.1 Å². The summed E-state index contributed by atoms with van der Waals surface area (Å²) in [6, 6.07) is 0. The van der Waals surface area contributed by atoms with Gasteiger partial charge in [-0.15, -0.1) is 0 Å². The normalized spacial score (nSPS) is 24.6. The predicted octanol–water partition coefficient (Wildman–Crippen LogP) is 1.84. The Balaban J connectivity index is 2.07. The lowest BCUT2D eigenvalue weighted by atomic mass is 9.56. The Labute approximate surface area is 102 Å². The van der Waals surface area contributed by atoms with Crippen molar-refractivity contribution in [1.29, 1.82) is 0 Å². The van der Waals surface area contributed by atoms with Crippen LogP contribution in [0, 0.1) is 5.41 Å². The Morgan fingerprint density at radius 1 is 1.11 bits per heavy atom. The topological polar surface area (TPSA) is 66.4 Å². The Morgan fingerprint density at radius 3 is 2.00 bits per heavy atom. The summed E-state index contributed by atoms with van der Waals surface area (Å²) in [5.74, 6) is -3.55. The van der Waals surface area contributed by atoms with Crippen LogP contribution in [0.3, 0.4) is 0 Å². The second-order valence-electron chi connectivity index (χ2n) is 5.40. The summed E-state index contributed by atoms with van der Waals surface area (Å²) in [6.07, 6.45) is -1.20. The van der Waals surface area contributed by atoms with E-state index in [0.29, 0.717) is 0 Å². The molecule has 102 valence electrons. The van der Waals surface area contributed by atoms with Gasteiger partial charge in [-0.1, -0.05) is 12.8 Å². The Kier molecular flexibility index (Phi) is 2.82. The first-order chi connectivity index (χ1) is 8.19. The zero-order valence-corrected chi connectivity index (χ0v) is 9.64. The molecule has 2 rings (SSSR count). The molecule has 2 fully saturated rings. The SMILES string of the molecule is O=C(NC1(C(=O)O)CC2(CCCC2)C1)C(F)(F)F. The zero-order valence-electron chi connectivity index (χ0n) is 9.64. The Hall–Kier alpha value is -1.27. The fourth-order valence-electron chi connectivity index (χ4n) is 3.29. The van der Waals surface area contributed by atoms with Gasteiger partial charge in [0.15, 0.2) is 0 Å². The molecule has 0 aromatic rings. The molecule has 0 aliphatic heterocycles. The largest absolute Gasteiger partial charge is 0.480 e. The summed E-state index contributed by atoms with van der Waals surface area (Å²) in [4.78, 5) is 22.0. The average Bonchev–Trinajstić information content (AvgIpc) is 2.63. The molecule has 2 aliphatic carbocycles. The molecule has 1 amide bonds. The van der Waals surface area contributed by atoms with E-state index in [1.54, 1.807) is 5.32 Å². The third kappa shape index (κ3) is 2.06. The molecule has 0 aromatic carbocycles. The minimum Gasteiger partial charge on any atom is -0.480 e. The van der Waals surface area contributed by atoms with Crippen molar-refractivity contribution < 1.29 is 27.9 Å². The highest BCUT2D eigenvalue weighted by Gasteiger charge is 2.61. The van der Waals surface area contributed by atoms with Crippen LogP contribution in [0.1, 0.15) is 38.5 Å². The summed E-state index contributed by atoms with van der Waals surface area (Å²) in [7, 11) is 0. The van der Waals surface area contributed by atoms with E-state index < -0.39 is 23.6 Å². The number of aliphatic carboxylic acids is 1. The van der Waals surface area contributed by atoms with Gasteiger partial charge in [0, 0.05) is 0 Å². The van der Waals surface area contributed by atoms with Gasteiger partial charge in [-0.25, -0.2) is 4.79 Å². The van der Waals surface area contributed by atoms with Crippen molar-refractivity contribution in [3.8, 4) is 0 Å². The van der Waals surface area contributed by atoms with Crippen molar-refractivity contribution in [3.05, 3.63) is 0 Å². The van der Waals surface area contributed by atoms with Crippen molar-refractivity contribution in [2.75, 3.05) is 0 Å². The molecule has 0 bridgehead atoms. The minimum atomic E-state index is -5.04. The van der Waals surface area contributed by atoms with Gasteiger partial charge < -0.3 is 10.4 Å². The summed E-state index contributed by atoms with van der Waals surface area (Å²) >= 11 is 0. The molecule has 7 heteroatoms. The number of carbonyl (C=O) groups is 2. The van der Waals surface area contributed by atoms with Crippen molar-refractivity contribution in [2.45, 2.75) is 50.2 Å². The standard InChI is InChI=1S/C11H14F3NO3/c12-11(13,14)7(16)15-10(8(17)18)5-9(6-10)3-1-2-4-9/h1-6H2,(H,15,16)(H,17,18). The second-order valence-corrected chi connectivity index (χ2v) is 5.40. The van der Waals surface area contributed by atoms with E-state index >= 15 is 0 Å². The van der Waals surface area contributed by atoms with Crippen LogP contribution in [-0.4, -0.2) is 28.7 Å². The molecule has 2 saturated carbocycles. The van der Waals surface area contributed by atoms with Crippen molar-refractivity contribution in [3.63, 3.8) is 0 Å². The number of carboxylic acid groups (broad SMARTS) is 1. The monoisotopic (exact) mass is 265 g/mol. The first-order valence-electron chi connectivity index (χ1n) is 5.82. The van der Waals surface area contributed by atoms with E-state index in [-0.39, 0.29) is 18.3 Å². The van der Waals surface area contributed by atoms with Crippen molar-refractivity contribution in [1.82, 2.24) is 5.32 Å². The summed E-state index contributed by atoms with van der Waals surface area (Å²) in [5, 5.41) is 10.7. The highest BCUT2D eigenvalue weighted by Crippen LogP contribution is 2.58. The number of nitrogens with one attached hydrogen (secondary N) is 1. The van der Waals surface area contributed by atoms with Crippen LogP contribution in [0.2, 0.25) is 0 Å². The fraction of sp³-hybridized carbons (Fsp3) is 0.818. The quantitative estimate of drug-likeness (QED) is 0.800. The summed E-state index contributed by atoms with van der Waals surface area (Å²) < 4.78 is 36.5. The van der Waals surface area contributed by atoms with Crippen LogP contribution >= 0.6 is 0 Å². The van der Waals surface area contributed by atoms with Gasteiger partial charge >= 0.3 is 18.1 Å². The number of amides is 1. The van der Waals surface area contributed by atoms with Gasteiger partial charge in [-0.3, -0.25) is 4.79 Å². The molecule has 2 N–H and O–H groups in total. The van der Waals surface area contributed by atoms with Gasteiger partial charge in [0.1, 0.15) is 5.54 Å². The lowest BCUT2D eigenvalue weighted by molar-refractivity contribution is -0.183. The molecule has 0 unspecified atom stereocenters. The molecule has 0 aromatic heterocycles. The maximum absolute atomic E-state index is 12.2. The average molecular weight is 265 g/mol. The third-order valence-corrected chi connectivity index (χ3v) is 4.04. The van der Waals surface area contributed by atoms with Gasteiger partial charge in [-0.2, -0.15) is 13.2 Å². The van der Waals surface area contributed by atoms with E-state index in [4.69, 9.17) is 5.11 Å². The van der Waals surface area contributed by atoms with Crippen LogP contribution in [-0.2, 0) is 9.59 Å². The molecular formula is C11H14F3NO3. The lowest BCUT2D eigenvalue weighted by Gasteiger charge is -2.52. The van der Waals surface area contributed by atoms with Crippen molar-refractivity contribution in [2.24, 2.45) is 5.41 Å². The molecule has 0 radical (unpaired) electrons. The first kappa shape index (κ1) is 13.2. The van der Waals surface area contributed by atoms with Crippen LogP contribution in [0.5, 0.6) is 0 Å². The number of alkyl halides is 3. The van der Waals surface area contributed by atoms with Crippen LogP contribution in [0.15, 0.2) is 0 Å². The molecule has 1 spiro atoms. The van der Waals surface area contributed by atoms with E-state index in [1.165, 1.54) is 0 Å². The Morgan fingerprint density at radius 2 is 1.61 bits per heavy atom. The second kappa shape index (κ2) is 3.86. The molecule has 18 heavy (non-hydrogen) atoms. The number of hydrogen-bond acceptors (Lipinski definition) is 2. The molecule has 4 nitrogen and oxygen atoms in total.